The molecule has 0 unspecified atom stereocenters. The molecule has 1 aromatic rings. The van der Waals surface area contributed by atoms with Gasteiger partial charge in [0.15, 0.2) is 0 Å². The third-order valence-corrected chi connectivity index (χ3v) is 2.48. The van der Waals surface area contributed by atoms with Crippen molar-refractivity contribution in [3.8, 4) is 0 Å². The van der Waals surface area contributed by atoms with Gasteiger partial charge in [-0.2, -0.15) is 0 Å². The number of likely N-dealkylation sites (N-methyl/N-ethyl adjacent to an activating group) is 1. The number of hydrogen-bond donors (Lipinski definition) is 1. The lowest BCUT2D eigenvalue weighted by Gasteiger charge is -2.07. The average Bonchev–Trinajstić information content (AvgIpc) is 2.35. The molecular formula is C7H10N2OS2. The summed E-state index contributed by atoms with van der Waals surface area (Å²) in [6, 6.07) is 0. The van der Waals surface area contributed by atoms with Gasteiger partial charge in [0.25, 0.3) is 0 Å². The lowest BCUT2D eigenvalue weighted by atomic mass is 10.3. The molecule has 0 aromatic carbocycles. The quantitative estimate of drug-likeness (QED) is 0.728. The van der Waals surface area contributed by atoms with Gasteiger partial charge in [-0.3, -0.25) is 4.79 Å². The number of rotatable bonds is 2. The maximum absolute atomic E-state index is 11.2. The number of nitrogens with zero attached hydrogens (tertiary/aromatic N) is 2. The predicted molar refractivity (Wildman–Crippen MR) is 51.8 cm³/mol. The van der Waals surface area contributed by atoms with E-state index in [4.69, 9.17) is 0 Å². The van der Waals surface area contributed by atoms with Crippen LogP contribution in [0.3, 0.4) is 0 Å². The van der Waals surface area contributed by atoms with E-state index in [1.54, 1.807) is 19.0 Å². The molecule has 0 saturated carbocycles. The van der Waals surface area contributed by atoms with Crippen molar-refractivity contribution in [2.45, 2.75) is 10.8 Å². The number of carbonyl (C=O) groups is 1. The van der Waals surface area contributed by atoms with Gasteiger partial charge in [0.05, 0.1) is 12.1 Å². The van der Waals surface area contributed by atoms with Crippen LogP contribution in [0, 0.1) is 0 Å². The minimum atomic E-state index is 0.0635. The lowest BCUT2D eigenvalue weighted by molar-refractivity contribution is -0.128. The minimum Gasteiger partial charge on any atom is -0.348 e. The minimum absolute atomic E-state index is 0.0635. The molecule has 0 spiro atoms. The third kappa shape index (κ3) is 2.49. The van der Waals surface area contributed by atoms with Crippen LogP contribution >= 0.6 is 24.0 Å². The second-order valence-electron chi connectivity index (χ2n) is 2.59. The Bertz CT molecular complexity index is 283. The van der Waals surface area contributed by atoms with Crippen LogP contribution < -0.4 is 0 Å². The van der Waals surface area contributed by atoms with E-state index in [1.807, 2.05) is 5.38 Å². The van der Waals surface area contributed by atoms with Crippen LogP contribution in [0.5, 0.6) is 0 Å². The highest BCUT2D eigenvalue weighted by atomic mass is 32.2. The molecule has 0 atom stereocenters. The average molecular weight is 202 g/mol. The van der Waals surface area contributed by atoms with Crippen LogP contribution in [0.2, 0.25) is 0 Å². The summed E-state index contributed by atoms with van der Waals surface area (Å²) >= 11 is 5.50. The fourth-order valence-electron chi connectivity index (χ4n) is 0.691. The van der Waals surface area contributed by atoms with Crippen molar-refractivity contribution in [3.63, 3.8) is 0 Å². The molecule has 0 aliphatic heterocycles. The monoisotopic (exact) mass is 202 g/mol. The Morgan fingerprint density at radius 2 is 2.42 bits per heavy atom. The summed E-state index contributed by atoms with van der Waals surface area (Å²) in [5.74, 6) is 0.0635. The van der Waals surface area contributed by atoms with Gasteiger partial charge in [0, 0.05) is 19.5 Å². The van der Waals surface area contributed by atoms with Crippen molar-refractivity contribution in [2.75, 3.05) is 14.1 Å². The van der Waals surface area contributed by atoms with Gasteiger partial charge in [0.1, 0.15) is 4.34 Å². The summed E-state index contributed by atoms with van der Waals surface area (Å²) < 4.78 is 0.705. The topological polar surface area (TPSA) is 33.2 Å². The highest BCUT2D eigenvalue weighted by Gasteiger charge is 2.07. The molecule has 0 aliphatic rings. The van der Waals surface area contributed by atoms with Gasteiger partial charge in [-0.25, -0.2) is 4.98 Å². The first-order valence-electron chi connectivity index (χ1n) is 3.43. The molecule has 0 bridgehead atoms. The molecule has 1 heterocycles. The number of thiol groups is 1. The lowest BCUT2D eigenvalue weighted by Crippen LogP contribution is -2.23. The van der Waals surface area contributed by atoms with Crippen LogP contribution in [0.1, 0.15) is 5.69 Å². The number of carbonyl (C=O) groups excluding carboxylic acids is 1. The summed E-state index contributed by atoms with van der Waals surface area (Å²) in [6.45, 7) is 0. The van der Waals surface area contributed by atoms with Crippen LogP contribution in [0.25, 0.3) is 0 Å². The van der Waals surface area contributed by atoms with Gasteiger partial charge in [-0.15, -0.1) is 24.0 Å². The summed E-state index contributed by atoms with van der Waals surface area (Å²) in [5.41, 5.74) is 0.795. The molecule has 0 aliphatic carbocycles. The standard InChI is InChI=1S/C7H10N2OS2/c1-9(2)6(10)3-5-4-12-7(11)8-5/h4H,3H2,1-2H3,(H,8,11). The second-order valence-corrected chi connectivity index (χ2v) is 4.17. The van der Waals surface area contributed by atoms with Gasteiger partial charge < -0.3 is 4.90 Å². The van der Waals surface area contributed by atoms with E-state index in [-0.39, 0.29) is 5.91 Å². The van der Waals surface area contributed by atoms with E-state index in [2.05, 4.69) is 17.6 Å². The zero-order valence-corrected chi connectivity index (χ0v) is 8.65. The zero-order chi connectivity index (χ0) is 9.14. The van der Waals surface area contributed by atoms with Crippen LogP contribution in [-0.2, 0) is 11.2 Å². The Morgan fingerprint density at radius 1 is 1.75 bits per heavy atom. The molecular weight excluding hydrogens is 192 g/mol. The normalized spacial score (nSPS) is 9.92. The van der Waals surface area contributed by atoms with E-state index < -0.39 is 0 Å². The van der Waals surface area contributed by atoms with E-state index in [9.17, 15) is 4.79 Å². The number of aromatic nitrogens is 1. The Kier molecular flexibility index (Phi) is 3.11. The van der Waals surface area contributed by atoms with Crippen LogP contribution in [0.15, 0.2) is 9.72 Å². The molecule has 1 aromatic heterocycles. The molecule has 1 amide bonds. The van der Waals surface area contributed by atoms with Gasteiger partial charge >= 0.3 is 0 Å². The van der Waals surface area contributed by atoms with Crippen molar-refractivity contribution in [2.24, 2.45) is 0 Å². The summed E-state index contributed by atoms with van der Waals surface area (Å²) in [5, 5.41) is 1.85. The fraction of sp³-hybridized carbons (Fsp3) is 0.429. The number of hydrogen-bond acceptors (Lipinski definition) is 4. The highest BCUT2D eigenvalue weighted by molar-refractivity contribution is 7.82. The molecule has 0 saturated heterocycles. The van der Waals surface area contributed by atoms with Gasteiger partial charge in [-0.1, -0.05) is 0 Å². The summed E-state index contributed by atoms with van der Waals surface area (Å²) in [6.07, 6.45) is 0.365. The van der Waals surface area contributed by atoms with E-state index in [0.29, 0.717) is 10.8 Å². The smallest absolute Gasteiger partial charge is 0.228 e. The first kappa shape index (κ1) is 9.54. The number of amides is 1. The molecule has 0 N–H and O–H groups in total. The molecule has 12 heavy (non-hydrogen) atoms. The van der Waals surface area contributed by atoms with Crippen molar-refractivity contribution < 1.29 is 4.79 Å². The maximum Gasteiger partial charge on any atom is 0.228 e. The summed E-state index contributed by atoms with van der Waals surface area (Å²) in [4.78, 5) is 16.8. The Hall–Kier alpha value is -0.550. The Labute approximate surface area is 80.8 Å². The molecule has 5 heteroatoms. The molecule has 0 radical (unpaired) electrons. The van der Waals surface area contributed by atoms with Crippen molar-refractivity contribution >= 4 is 29.9 Å². The Balaban J connectivity index is 2.58. The molecule has 0 fully saturated rings. The van der Waals surface area contributed by atoms with E-state index >= 15 is 0 Å². The van der Waals surface area contributed by atoms with Crippen LogP contribution in [0.4, 0.5) is 0 Å². The number of thiazole rings is 1. The first-order chi connectivity index (χ1) is 5.59. The Morgan fingerprint density at radius 3 is 2.83 bits per heavy atom. The van der Waals surface area contributed by atoms with Crippen LogP contribution in [-0.4, -0.2) is 29.9 Å². The maximum atomic E-state index is 11.2. The van der Waals surface area contributed by atoms with Gasteiger partial charge in [-0.05, 0) is 0 Å². The SMILES string of the molecule is CN(C)C(=O)Cc1csc(S)n1. The zero-order valence-electron chi connectivity index (χ0n) is 6.94. The van der Waals surface area contributed by atoms with Crippen molar-refractivity contribution in [3.05, 3.63) is 11.1 Å². The highest BCUT2D eigenvalue weighted by Crippen LogP contribution is 2.13. The largest absolute Gasteiger partial charge is 0.348 e. The predicted octanol–water partition coefficient (Wildman–Crippen LogP) is 1.06. The van der Waals surface area contributed by atoms with E-state index in [1.165, 1.54) is 11.3 Å². The van der Waals surface area contributed by atoms with Crippen molar-refractivity contribution in [1.82, 2.24) is 9.88 Å². The van der Waals surface area contributed by atoms with Crippen molar-refractivity contribution in [1.29, 1.82) is 0 Å². The summed E-state index contributed by atoms with van der Waals surface area (Å²) in [7, 11) is 3.46. The fourth-order valence-corrected chi connectivity index (χ4v) is 1.52. The molecule has 1 rings (SSSR count). The third-order valence-electron chi connectivity index (χ3n) is 1.37. The van der Waals surface area contributed by atoms with E-state index in [0.717, 1.165) is 5.69 Å². The van der Waals surface area contributed by atoms with Gasteiger partial charge in [0.2, 0.25) is 5.91 Å². The first-order valence-corrected chi connectivity index (χ1v) is 4.76. The second kappa shape index (κ2) is 3.91. The molecule has 3 nitrogen and oxygen atoms in total. The molecule has 66 valence electrons.